The Morgan fingerprint density at radius 1 is 1.05 bits per heavy atom. The predicted molar refractivity (Wildman–Crippen MR) is 84.6 cm³/mol. The average molecular weight is 288 g/mol. The number of anilines is 3. The molecule has 0 atom stereocenters. The molecule has 112 valence electrons. The topological polar surface area (TPSA) is 49.8 Å². The van der Waals surface area contributed by atoms with Crippen molar-refractivity contribution in [2.45, 2.75) is 33.6 Å². The van der Waals surface area contributed by atoms with E-state index in [1.807, 2.05) is 26.0 Å². The Labute approximate surface area is 124 Å². The van der Waals surface area contributed by atoms with Gasteiger partial charge in [-0.2, -0.15) is 0 Å². The number of hydrogen-bond acceptors (Lipinski definition) is 4. The molecule has 1 aromatic carbocycles. The molecule has 0 fully saturated rings. The van der Waals surface area contributed by atoms with Crippen LogP contribution >= 0.6 is 0 Å². The molecule has 0 aliphatic heterocycles. The molecule has 0 radical (unpaired) electrons. The summed E-state index contributed by atoms with van der Waals surface area (Å²) in [6.07, 6.45) is 1.80. The third-order valence-electron chi connectivity index (χ3n) is 2.92. The zero-order valence-corrected chi connectivity index (χ0v) is 12.7. The molecule has 2 N–H and O–H groups in total. The highest BCUT2D eigenvalue weighted by molar-refractivity contribution is 5.60. The molecular weight excluding hydrogens is 267 g/mol. The van der Waals surface area contributed by atoms with Gasteiger partial charge in [0.15, 0.2) is 0 Å². The Bertz CT molecular complexity index is 569. The fraction of sp³-hybridized carbons (Fsp3) is 0.375. The molecule has 4 nitrogen and oxygen atoms in total. The molecule has 1 aromatic heterocycles. The van der Waals surface area contributed by atoms with Crippen molar-refractivity contribution in [3.05, 3.63) is 41.5 Å². The maximum atomic E-state index is 13.4. The van der Waals surface area contributed by atoms with Crippen LogP contribution in [0.2, 0.25) is 0 Å². The van der Waals surface area contributed by atoms with Crippen LogP contribution in [0.1, 0.15) is 31.7 Å². The van der Waals surface area contributed by atoms with Crippen LogP contribution in [0.15, 0.2) is 24.3 Å². The highest BCUT2D eigenvalue weighted by Crippen LogP contribution is 2.20. The third-order valence-corrected chi connectivity index (χ3v) is 2.92. The van der Waals surface area contributed by atoms with E-state index in [1.54, 1.807) is 0 Å². The minimum atomic E-state index is -0.257. The largest absolute Gasteiger partial charge is 0.370 e. The summed E-state index contributed by atoms with van der Waals surface area (Å²) in [6.45, 7) is 6.76. The number of rotatable bonds is 6. The number of halogens is 1. The smallest absolute Gasteiger partial charge is 0.136 e. The van der Waals surface area contributed by atoms with Crippen LogP contribution < -0.4 is 10.6 Å². The van der Waals surface area contributed by atoms with Crippen LogP contribution in [-0.4, -0.2) is 16.5 Å². The monoisotopic (exact) mass is 288 g/mol. The highest BCUT2D eigenvalue weighted by atomic mass is 19.1. The molecule has 0 bridgehead atoms. The van der Waals surface area contributed by atoms with Crippen LogP contribution in [-0.2, 0) is 6.42 Å². The quantitative estimate of drug-likeness (QED) is 0.842. The number of aromatic nitrogens is 2. The van der Waals surface area contributed by atoms with Crippen molar-refractivity contribution in [3.8, 4) is 0 Å². The van der Waals surface area contributed by atoms with Crippen LogP contribution in [0.3, 0.4) is 0 Å². The number of nitrogens with one attached hydrogen (secondary N) is 2. The minimum absolute atomic E-state index is 0.257. The van der Waals surface area contributed by atoms with Gasteiger partial charge in [-0.05, 0) is 44.0 Å². The second-order valence-electron chi connectivity index (χ2n) is 4.98. The lowest BCUT2D eigenvalue weighted by Crippen LogP contribution is -2.06. The molecule has 21 heavy (non-hydrogen) atoms. The summed E-state index contributed by atoms with van der Waals surface area (Å²) in [6, 6.07) is 6.68. The van der Waals surface area contributed by atoms with Gasteiger partial charge in [-0.3, -0.25) is 0 Å². The molecule has 0 saturated carbocycles. The molecular formula is C16H21FN4. The van der Waals surface area contributed by atoms with E-state index in [0.717, 1.165) is 36.6 Å². The lowest BCUT2D eigenvalue weighted by atomic mass is 10.2. The summed E-state index contributed by atoms with van der Waals surface area (Å²) in [7, 11) is 0. The van der Waals surface area contributed by atoms with E-state index >= 15 is 0 Å². The summed E-state index contributed by atoms with van der Waals surface area (Å²) < 4.78 is 13.4. The zero-order chi connectivity index (χ0) is 15.2. The normalized spacial score (nSPS) is 10.5. The van der Waals surface area contributed by atoms with Gasteiger partial charge in [0.2, 0.25) is 0 Å². The van der Waals surface area contributed by atoms with Crippen molar-refractivity contribution in [2.75, 3.05) is 17.2 Å². The van der Waals surface area contributed by atoms with E-state index in [4.69, 9.17) is 0 Å². The summed E-state index contributed by atoms with van der Waals surface area (Å²) in [5.41, 5.74) is 1.56. The first-order valence-electron chi connectivity index (χ1n) is 7.26. The summed E-state index contributed by atoms with van der Waals surface area (Å²) in [4.78, 5) is 8.93. The van der Waals surface area contributed by atoms with Gasteiger partial charge in [-0.25, -0.2) is 14.4 Å². The second-order valence-corrected chi connectivity index (χ2v) is 4.98. The van der Waals surface area contributed by atoms with Crippen molar-refractivity contribution in [2.24, 2.45) is 0 Å². The van der Waals surface area contributed by atoms with Crippen molar-refractivity contribution >= 4 is 17.3 Å². The van der Waals surface area contributed by atoms with E-state index in [1.165, 1.54) is 12.1 Å². The van der Waals surface area contributed by atoms with E-state index in [-0.39, 0.29) is 5.82 Å². The summed E-state index contributed by atoms with van der Waals surface area (Å²) in [5, 5.41) is 6.34. The molecule has 0 aliphatic carbocycles. The van der Waals surface area contributed by atoms with Gasteiger partial charge in [-0.15, -0.1) is 0 Å². The Balaban J connectivity index is 2.28. The predicted octanol–water partition coefficient (Wildman–Crippen LogP) is 4.05. The van der Waals surface area contributed by atoms with Gasteiger partial charge in [0.25, 0.3) is 0 Å². The number of hydrogen-bond donors (Lipinski definition) is 2. The molecule has 0 aliphatic rings. The van der Waals surface area contributed by atoms with Crippen LogP contribution in [0.5, 0.6) is 0 Å². The third kappa shape index (κ3) is 4.41. The molecule has 1 heterocycles. The second kappa shape index (κ2) is 7.02. The van der Waals surface area contributed by atoms with Crippen LogP contribution in [0.4, 0.5) is 21.7 Å². The van der Waals surface area contributed by atoms with E-state index in [9.17, 15) is 4.39 Å². The lowest BCUT2D eigenvalue weighted by Gasteiger charge is -2.11. The van der Waals surface area contributed by atoms with Gasteiger partial charge in [0.05, 0.1) is 0 Å². The first-order valence-corrected chi connectivity index (χ1v) is 7.26. The van der Waals surface area contributed by atoms with E-state index in [0.29, 0.717) is 11.5 Å². The number of nitrogens with zero attached hydrogens (tertiary/aromatic N) is 2. The van der Waals surface area contributed by atoms with E-state index < -0.39 is 0 Å². The Kier molecular flexibility index (Phi) is 5.09. The molecule has 2 rings (SSSR count). The molecule has 0 amide bonds. The first kappa shape index (κ1) is 15.2. The molecule has 0 spiro atoms. The summed E-state index contributed by atoms with van der Waals surface area (Å²) >= 11 is 0. The lowest BCUT2D eigenvalue weighted by molar-refractivity contribution is 0.627. The average Bonchev–Trinajstić information content (AvgIpc) is 2.37. The van der Waals surface area contributed by atoms with Crippen LogP contribution in [0, 0.1) is 12.7 Å². The van der Waals surface area contributed by atoms with Crippen molar-refractivity contribution in [1.29, 1.82) is 0 Å². The Hall–Kier alpha value is -2.17. The maximum absolute atomic E-state index is 13.4. The van der Waals surface area contributed by atoms with Crippen molar-refractivity contribution < 1.29 is 4.39 Å². The standard InChI is InChI=1S/C16H21FN4/c1-4-6-14-20-15(18-5-2)10-16(21-14)19-13-8-11(3)7-12(17)9-13/h7-10H,4-6H2,1-3H3,(H2,18,19,20,21). The summed E-state index contributed by atoms with van der Waals surface area (Å²) in [5.74, 6) is 1.99. The number of benzene rings is 1. The maximum Gasteiger partial charge on any atom is 0.136 e. The SMILES string of the molecule is CCCc1nc(NCC)cc(Nc2cc(C)cc(F)c2)n1. The van der Waals surface area contributed by atoms with Gasteiger partial charge in [-0.1, -0.05) is 6.92 Å². The Morgan fingerprint density at radius 3 is 2.48 bits per heavy atom. The van der Waals surface area contributed by atoms with Gasteiger partial charge in [0, 0.05) is 24.7 Å². The van der Waals surface area contributed by atoms with E-state index in [2.05, 4.69) is 27.5 Å². The fourth-order valence-electron chi connectivity index (χ4n) is 2.12. The molecule has 0 unspecified atom stereocenters. The fourth-order valence-corrected chi connectivity index (χ4v) is 2.12. The van der Waals surface area contributed by atoms with Crippen molar-refractivity contribution in [3.63, 3.8) is 0 Å². The molecule has 5 heteroatoms. The number of aryl methyl sites for hydroxylation is 2. The molecule has 0 saturated heterocycles. The first-order chi connectivity index (χ1) is 10.1. The van der Waals surface area contributed by atoms with Gasteiger partial charge in [0.1, 0.15) is 23.3 Å². The highest BCUT2D eigenvalue weighted by Gasteiger charge is 2.05. The van der Waals surface area contributed by atoms with Crippen LogP contribution in [0.25, 0.3) is 0 Å². The minimum Gasteiger partial charge on any atom is -0.370 e. The van der Waals surface area contributed by atoms with Gasteiger partial charge < -0.3 is 10.6 Å². The zero-order valence-electron chi connectivity index (χ0n) is 12.7. The Morgan fingerprint density at radius 2 is 1.81 bits per heavy atom. The molecule has 2 aromatic rings. The van der Waals surface area contributed by atoms with Gasteiger partial charge >= 0.3 is 0 Å². The van der Waals surface area contributed by atoms with Crippen molar-refractivity contribution in [1.82, 2.24) is 9.97 Å².